The summed E-state index contributed by atoms with van der Waals surface area (Å²) >= 11 is 0.194. The van der Waals surface area contributed by atoms with E-state index >= 15 is 0 Å². The number of nitrogens with one attached hydrogen (secondary N) is 1. The molecule has 0 aliphatic heterocycles. The zero-order valence-electron chi connectivity index (χ0n) is 15.2. The maximum absolute atomic E-state index is 4.91. The predicted octanol–water partition coefficient (Wildman–Crippen LogP) is 6.67. The Morgan fingerprint density at radius 1 is 0.923 bits per heavy atom. The number of halogens is 2. The molecule has 1 fully saturated rings. The average Bonchev–Trinajstić information content (AvgIpc) is 3.15. The number of rotatable bonds is 4. The minimum atomic E-state index is 0.194. The van der Waals surface area contributed by atoms with Crippen LogP contribution in [0, 0.1) is 0 Å². The molecule has 0 saturated heterocycles. The van der Waals surface area contributed by atoms with Crippen LogP contribution in [-0.4, -0.2) is 22.4 Å². The molecule has 0 unspecified atom stereocenters. The molecular formula is C20H25Cl2FeN3. The van der Waals surface area contributed by atoms with Gasteiger partial charge in [0.2, 0.25) is 0 Å². The summed E-state index contributed by atoms with van der Waals surface area (Å²) in [4.78, 5) is 13.0. The topological polar surface area (TPSA) is 40.5 Å². The Morgan fingerprint density at radius 3 is 2.12 bits per heavy atom. The number of nitrogens with zero attached hydrogens (tertiary/aromatic N) is 2. The molecule has 3 rings (SSSR count). The second kappa shape index (κ2) is 11.6. The van der Waals surface area contributed by atoms with E-state index in [2.05, 4.69) is 29.0 Å². The summed E-state index contributed by atoms with van der Waals surface area (Å²) in [6.45, 7) is 4.14. The number of aromatic nitrogens is 1. The van der Waals surface area contributed by atoms with Crippen LogP contribution in [0.4, 0.5) is 5.69 Å². The first-order valence-corrected chi connectivity index (χ1v) is 11.9. The number of benzene rings is 1. The van der Waals surface area contributed by atoms with Crippen molar-refractivity contribution in [1.82, 2.24) is 4.98 Å². The fraction of sp³-hybridized carbons (Fsp3) is 0.400. The number of H-pyrrole nitrogens is 1. The molecule has 1 aliphatic carbocycles. The summed E-state index contributed by atoms with van der Waals surface area (Å²) in [6, 6.07) is 14.8. The molecule has 1 aromatic heterocycles. The fourth-order valence-corrected chi connectivity index (χ4v) is 3.13. The van der Waals surface area contributed by atoms with Crippen molar-refractivity contribution >= 4 is 37.3 Å². The zero-order valence-corrected chi connectivity index (χ0v) is 17.8. The molecule has 26 heavy (non-hydrogen) atoms. The van der Waals surface area contributed by atoms with Gasteiger partial charge >= 0.3 is 33.3 Å². The van der Waals surface area contributed by atoms with Gasteiger partial charge in [-0.2, -0.15) is 0 Å². The summed E-state index contributed by atoms with van der Waals surface area (Å²) in [5.74, 6) is 0. The van der Waals surface area contributed by atoms with Crippen LogP contribution in [0.15, 0.2) is 52.4 Å². The fourth-order valence-electron chi connectivity index (χ4n) is 3.13. The quantitative estimate of drug-likeness (QED) is 0.413. The molecule has 0 radical (unpaired) electrons. The van der Waals surface area contributed by atoms with Crippen molar-refractivity contribution in [3.05, 3.63) is 53.9 Å². The van der Waals surface area contributed by atoms with E-state index in [4.69, 9.17) is 25.2 Å². The van der Waals surface area contributed by atoms with E-state index in [0.29, 0.717) is 6.04 Å². The molecule has 1 N–H and O–H groups in total. The van der Waals surface area contributed by atoms with Gasteiger partial charge in [-0.1, -0.05) is 37.5 Å². The van der Waals surface area contributed by atoms with Crippen LogP contribution in [0.3, 0.4) is 0 Å². The van der Waals surface area contributed by atoms with Crippen molar-refractivity contribution in [2.45, 2.75) is 52.0 Å². The molecule has 0 bridgehead atoms. The van der Waals surface area contributed by atoms with Crippen LogP contribution >= 0.6 is 20.2 Å². The summed E-state index contributed by atoms with van der Waals surface area (Å²) in [5.41, 5.74) is 5.24. The SMILES string of the molecule is CC(=Nc1ccccc1)c1ccc(C(C)=NC2CCCCC2)[nH]1.[Cl][Fe][Cl]. The first kappa shape index (κ1) is 21.2. The Morgan fingerprint density at radius 2 is 1.50 bits per heavy atom. The van der Waals surface area contributed by atoms with Crippen LogP contribution in [-0.2, 0) is 13.1 Å². The average molecular weight is 434 g/mol. The monoisotopic (exact) mass is 433 g/mol. The number of aliphatic imine (C=N–C) groups is 2. The standard InChI is InChI=1S/C20H25N3.2ClH.Fe/c1-15(21-17-9-5-3-6-10-17)19-13-14-20(23-19)16(2)22-18-11-7-4-8-12-18;;;/h3,5-6,9-10,13-14,18,23H,4,7-8,11-12H2,1-2H3;2*1H;/q;;;+2/p-2. The van der Waals surface area contributed by atoms with Gasteiger partial charge in [0.1, 0.15) is 0 Å². The van der Waals surface area contributed by atoms with Gasteiger partial charge in [-0.05, 0) is 51.0 Å². The Labute approximate surface area is 170 Å². The van der Waals surface area contributed by atoms with Crippen LogP contribution in [0.2, 0.25) is 0 Å². The molecule has 2 aromatic rings. The third-order valence-corrected chi connectivity index (χ3v) is 4.47. The third kappa shape index (κ3) is 6.92. The molecule has 0 spiro atoms. The minimum absolute atomic E-state index is 0.194. The van der Waals surface area contributed by atoms with E-state index < -0.39 is 0 Å². The third-order valence-electron chi connectivity index (χ3n) is 4.47. The normalized spacial score (nSPS) is 16.3. The van der Waals surface area contributed by atoms with Crippen molar-refractivity contribution < 1.29 is 13.1 Å². The predicted molar refractivity (Wildman–Crippen MR) is 110 cm³/mol. The van der Waals surface area contributed by atoms with Gasteiger partial charge in [-0.25, -0.2) is 0 Å². The summed E-state index contributed by atoms with van der Waals surface area (Å²) in [5, 5.41) is 0. The summed E-state index contributed by atoms with van der Waals surface area (Å²) < 4.78 is 0. The molecule has 1 saturated carbocycles. The Kier molecular flexibility index (Phi) is 9.49. The molecule has 1 heterocycles. The number of para-hydroxylation sites is 1. The van der Waals surface area contributed by atoms with Crippen molar-refractivity contribution in [3.63, 3.8) is 0 Å². The van der Waals surface area contributed by atoms with Crippen LogP contribution in [0.5, 0.6) is 0 Å². The molecule has 6 heteroatoms. The van der Waals surface area contributed by atoms with Gasteiger partial charge in [-0.3, -0.25) is 9.98 Å². The van der Waals surface area contributed by atoms with Crippen LogP contribution in [0.25, 0.3) is 0 Å². The maximum atomic E-state index is 4.91. The molecule has 0 atom stereocenters. The summed E-state index contributed by atoms with van der Waals surface area (Å²) in [7, 11) is 9.53. The molecule has 142 valence electrons. The second-order valence-corrected chi connectivity index (χ2v) is 8.20. The van der Waals surface area contributed by atoms with Gasteiger partial charge < -0.3 is 4.98 Å². The number of aromatic amines is 1. The second-order valence-electron chi connectivity index (χ2n) is 6.38. The molecule has 3 nitrogen and oxygen atoms in total. The number of hydrogen-bond donors (Lipinski definition) is 1. The van der Waals surface area contributed by atoms with E-state index in [9.17, 15) is 0 Å². The van der Waals surface area contributed by atoms with Crippen molar-refractivity contribution in [2.24, 2.45) is 9.98 Å². The van der Waals surface area contributed by atoms with Crippen LogP contribution in [0.1, 0.15) is 57.3 Å². The van der Waals surface area contributed by atoms with E-state index in [1.807, 2.05) is 37.3 Å². The number of hydrogen-bond acceptors (Lipinski definition) is 2. The van der Waals surface area contributed by atoms with E-state index in [1.165, 1.54) is 32.1 Å². The van der Waals surface area contributed by atoms with Gasteiger partial charge in [0.05, 0.1) is 34.5 Å². The van der Waals surface area contributed by atoms with Crippen molar-refractivity contribution in [2.75, 3.05) is 0 Å². The van der Waals surface area contributed by atoms with Gasteiger partial charge in [0, 0.05) is 0 Å². The van der Waals surface area contributed by atoms with Gasteiger partial charge in [0.15, 0.2) is 0 Å². The van der Waals surface area contributed by atoms with Crippen molar-refractivity contribution in [3.8, 4) is 0 Å². The molecule has 0 amide bonds. The Balaban J connectivity index is 0.000000758. The molecule has 1 aromatic carbocycles. The van der Waals surface area contributed by atoms with Crippen molar-refractivity contribution in [1.29, 1.82) is 0 Å². The summed E-state index contributed by atoms with van der Waals surface area (Å²) in [6.07, 6.45) is 6.48. The van der Waals surface area contributed by atoms with E-state index in [1.54, 1.807) is 0 Å². The van der Waals surface area contributed by atoms with E-state index in [0.717, 1.165) is 28.5 Å². The molecular weight excluding hydrogens is 409 g/mol. The zero-order chi connectivity index (χ0) is 18.8. The van der Waals surface area contributed by atoms with Gasteiger partial charge in [0.25, 0.3) is 0 Å². The molecule has 1 aliphatic rings. The Bertz CT molecular complexity index is 720. The first-order valence-electron chi connectivity index (χ1n) is 8.83. The Hall–Kier alpha value is -1.06. The van der Waals surface area contributed by atoms with E-state index in [-0.39, 0.29) is 13.1 Å². The van der Waals surface area contributed by atoms with Gasteiger partial charge in [-0.15, -0.1) is 0 Å². The first-order chi connectivity index (χ1) is 12.6. The van der Waals surface area contributed by atoms with Crippen LogP contribution < -0.4 is 0 Å².